The highest BCUT2D eigenvalue weighted by atomic mass is 16.4. The van der Waals surface area contributed by atoms with Gasteiger partial charge in [-0.15, -0.1) is 0 Å². The normalized spacial score (nSPS) is 24.5. The molecule has 0 radical (unpaired) electrons. The molecule has 0 aromatic heterocycles. The second-order valence-corrected chi connectivity index (χ2v) is 7.05. The molecule has 5 N–H and O–H groups in total. The Balaban J connectivity index is 2.42. The van der Waals surface area contributed by atoms with Crippen LogP contribution in [0.5, 0.6) is 0 Å². The number of amides is 2. The molecule has 0 aromatic rings. The molecular formula is C17H31N3O4. The highest BCUT2D eigenvalue weighted by molar-refractivity contribution is 5.84. The summed E-state index contributed by atoms with van der Waals surface area (Å²) >= 11 is 0. The van der Waals surface area contributed by atoms with Gasteiger partial charge >= 0.3 is 0 Å². The first-order chi connectivity index (χ1) is 11.3. The van der Waals surface area contributed by atoms with E-state index in [-0.39, 0.29) is 29.7 Å². The summed E-state index contributed by atoms with van der Waals surface area (Å²) in [5, 5.41) is 16.7. The third-order valence-corrected chi connectivity index (χ3v) is 4.99. The number of hydrogen-bond donors (Lipinski definition) is 3. The Hall–Kier alpha value is -1.63. The van der Waals surface area contributed by atoms with Crippen LogP contribution in [0.25, 0.3) is 0 Å². The minimum Gasteiger partial charge on any atom is -0.548 e. The van der Waals surface area contributed by atoms with Gasteiger partial charge in [-0.05, 0) is 44.4 Å². The summed E-state index contributed by atoms with van der Waals surface area (Å²) < 4.78 is 0. The molecule has 0 spiro atoms. The van der Waals surface area contributed by atoms with E-state index in [2.05, 4.69) is 16.4 Å². The number of quaternary nitrogens is 1. The van der Waals surface area contributed by atoms with Crippen LogP contribution in [0.1, 0.15) is 52.9 Å². The molecule has 0 aliphatic heterocycles. The van der Waals surface area contributed by atoms with Gasteiger partial charge in [0.2, 0.25) is 5.91 Å². The number of carboxylic acids is 1. The lowest BCUT2D eigenvalue weighted by Gasteiger charge is -2.31. The van der Waals surface area contributed by atoms with Crippen molar-refractivity contribution >= 4 is 17.8 Å². The van der Waals surface area contributed by atoms with Gasteiger partial charge in [0, 0.05) is 12.5 Å². The van der Waals surface area contributed by atoms with E-state index in [1.807, 2.05) is 6.92 Å². The molecule has 0 unspecified atom stereocenters. The molecule has 1 aliphatic carbocycles. The summed E-state index contributed by atoms with van der Waals surface area (Å²) in [4.78, 5) is 35.1. The zero-order valence-corrected chi connectivity index (χ0v) is 15.0. The first-order valence-electron chi connectivity index (χ1n) is 8.88. The molecule has 1 aliphatic rings. The molecule has 2 amide bonds. The fourth-order valence-electron chi connectivity index (χ4n) is 2.99. The summed E-state index contributed by atoms with van der Waals surface area (Å²) in [5.41, 5.74) is 3.68. The molecular weight excluding hydrogens is 310 g/mol. The van der Waals surface area contributed by atoms with E-state index in [4.69, 9.17) is 0 Å². The average Bonchev–Trinajstić information content (AvgIpc) is 2.56. The van der Waals surface area contributed by atoms with Crippen molar-refractivity contribution in [2.24, 2.45) is 17.8 Å². The number of aliphatic carboxylic acids is 1. The largest absolute Gasteiger partial charge is 0.548 e. The van der Waals surface area contributed by atoms with E-state index in [0.717, 1.165) is 12.8 Å². The van der Waals surface area contributed by atoms with Crippen molar-refractivity contribution < 1.29 is 25.2 Å². The summed E-state index contributed by atoms with van der Waals surface area (Å²) in [6.07, 6.45) is 3.79. The Morgan fingerprint density at radius 1 is 1.17 bits per heavy atom. The van der Waals surface area contributed by atoms with Crippen LogP contribution in [0, 0.1) is 17.8 Å². The van der Waals surface area contributed by atoms with E-state index in [1.165, 1.54) is 0 Å². The van der Waals surface area contributed by atoms with E-state index >= 15 is 0 Å². The van der Waals surface area contributed by atoms with Gasteiger partial charge in [0.05, 0.1) is 12.0 Å². The van der Waals surface area contributed by atoms with E-state index in [9.17, 15) is 19.5 Å². The third-order valence-electron chi connectivity index (χ3n) is 4.99. The SMILES string of the molecule is CC[C@@H](C)[C@H](NC(=O)C1CCC(CNC(=O)[C@H](C)[NH3+])CC1)C(=O)[O-]. The molecule has 0 heterocycles. The average molecular weight is 341 g/mol. The van der Waals surface area contributed by atoms with Gasteiger partial charge in [0.25, 0.3) is 5.91 Å². The first kappa shape index (κ1) is 20.4. The van der Waals surface area contributed by atoms with Crippen molar-refractivity contribution in [2.75, 3.05) is 6.54 Å². The number of carboxylic acid groups (broad SMARTS) is 1. The fourth-order valence-corrected chi connectivity index (χ4v) is 2.99. The second-order valence-electron chi connectivity index (χ2n) is 7.05. The summed E-state index contributed by atoms with van der Waals surface area (Å²) in [6.45, 7) is 6.05. The van der Waals surface area contributed by atoms with Crippen LogP contribution in [0.15, 0.2) is 0 Å². The molecule has 1 saturated carbocycles. The monoisotopic (exact) mass is 341 g/mol. The molecule has 0 bridgehead atoms. The molecule has 3 atom stereocenters. The van der Waals surface area contributed by atoms with E-state index in [0.29, 0.717) is 31.7 Å². The fraction of sp³-hybridized carbons (Fsp3) is 0.824. The van der Waals surface area contributed by atoms with Crippen molar-refractivity contribution in [3.63, 3.8) is 0 Å². The molecule has 7 nitrogen and oxygen atoms in total. The predicted molar refractivity (Wildman–Crippen MR) is 87.2 cm³/mol. The van der Waals surface area contributed by atoms with Crippen LogP contribution < -0.4 is 21.5 Å². The lowest BCUT2D eigenvalue weighted by atomic mass is 9.81. The number of carbonyl (C=O) groups is 3. The van der Waals surface area contributed by atoms with Gasteiger partial charge in [-0.1, -0.05) is 20.3 Å². The quantitative estimate of drug-likeness (QED) is 0.514. The zero-order valence-electron chi connectivity index (χ0n) is 15.0. The lowest BCUT2D eigenvalue weighted by molar-refractivity contribution is -0.398. The van der Waals surface area contributed by atoms with E-state index in [1.54, 1.807) is 13.8 Å². The van der Waals surface area contributed by atoms with Crippen molar-refractivity contribution in [1.29, 1.82) is 0 Å². The number of carbonyl (C=O) groups excluding carboxylic acids is 3. The third kappa shape index (κ3) is 6.11. The Morgan fingerprint density at radius 3 is 2.21 bits per heavy atom. The minimum absolute atomic E-state index is 0.0554. The minimum atomic E-state index is -1.23. The maximum atomic E-state index is 12.3. The predicted octanol–water partition coefficient (Wildman–Crippen LogP) is -1.18. The summed E-state index contributed by atoms with van der Waals surface area (Å²) in [6, 6.07) is -1.20. The number of hydrogen-bond acceptors (Lipinski definition) is 4. The Morgan fingerprint density at radius 2 is 1.75 bits per heavy atom. The van der Waals surface area contributed by atoms with Crippen LogP contribution in [-0.4, -0.2) is 36.4 Å². The molecule has 0 aromatic carbocycles. The maximum Gasteiger partial charge on any atom is 0.277 e. The molecule has 138 valence electrons. The summed E-state index contributed by atoms with van der Waals surface area (Å²) in [5.74, 6) is -1.43. The van der Waals surface area contributed by atoms with Crippen molar-refractivity contribution in [3.05, 3.63) is 0 Å². The summed E-state index contributed by atoms with van der Waals surface area (Å²) in [7, 11) is 0. The zero-order chi connectivity index (χ0) is 18.3. The first-order valence-corrected chi connectivity index (χ1v) is 8.88. The van der Waals surface area contributed by atoms with Gasteiger partial charge in [-0.3, -0.25) is 9.59 Å². The van der Waals surface area contributed by atoms with Crippen LogP contribution in [0.4, 0.5) is 0 Å². The highest BCUT2D eigenvalue weighted by Crippen LogP contribution is 2.28. The lowest BCUT2D eigenvalue weighted by Crippen LogP contribution is -2.66. The van der Waals surface area contributed by atoms with Crippen LogP contribution in [-0.2, 0) is 14.4 Å². The molecule has 1 fully saturated rings. The standard InChI is InChI=1S/C17H31N3O4/c1-4-10(2)14(17(23)24)20-16(22)13-7-5-12(6-8-13)9-19-15(21)11(3)18/h10-14H,4-9,18H2,1-3H3,(H,19,21)(H,20,22)(H,23,24)/t10-,11+,12?,13?,14+/m1/s1. The second kappa shape index (κ2) is 9.61. The van der Waals surface area contributed by atoms with Crippen molar-refractivity contribution in [2.45, 2.75) is 65.0 Å². The van der Waals surface area contributed by atoms with Gasteiger partial charge in [0.15, 0.2) is 6.04 Å². The van der Waals surface area contributed by atoms with Gasteiger partial charge < -0.3 is 26.3 Å². The maximum absolute atomic E-state index is 12.3. The van der Waals surface area contributed by atoms with Gasteiger partial charge in [0.1, 0.15) is 0 Å². The van der Waals surface area contributed by atoms with Crippen LogP contribution in [0.3, 0.4) is 0 Å². The Kier molecular flexibility index (Phi) is 8.18. The topological polar surface area (TPSA) is 126 Å². The number of nitrogens with one attached hydrogen (secondary N) is 2. The van der Waals surface area contributed by atoms with Gasteiger partial charge in [-0.2, -0.15) is 0 Å². The molecule has 7 heteroatoms. The molecule has 24 heavy (non-hydrogen) atoms. The molecule has 0 saturated heterocycles. The molecule has 1 rings (SSSR count). The Bertz CT molecular complexity index is 445. The van der Waals surface area contributed by atoms with E-state index < -0.39 is 12.0 Å². The highest BCUT2D eigenvalue weighted by Gasteiger charge is 2.29. The Labute approximate surface area is 143 Å². The smallest absolute Gasteiger partial charge is 0.277 e. The van der Waals surface area contributed by atoms with Crippen molar-refractivity contribution in [3.8, 4) is 0 Å². The van der Waals surface area contributed by atoms with Crippen LogP contribution in [0.2, 0.25) is 0 Å². The number of rotatable bonds is 8. The van der Waals surface area contributed by atoms with Gasteiger partial charge in [-0.25, -0.2) is 0 Å². The van der Waals surface area contributed by atoms with Crippen LogP contribution >= 0.6 is 0 Å². The van der Waals surface area contributed by atoms with Crippen molar-refractivity contribution in [1.82, 2.24) is 10.6 Å².